The third-order valence-electron chi connectivity index (χ3n) is 3.59. The molecule has 0 saturated heterocycles. The van der Waals surface area contributed by atoms with Gasteiger partial charge in [0, 0.05) is 15.7 Å². The maximum Gasteiger partial charge on any atom is 0.262 e. The van der Waals surface area contributed by atoms with Gasteiger partial charge in [0.25, 0.3) is 5.91 Å². The van der Waals surface area contributed by atoms with Crippen molar-refractivity contribution in [3.05, 3.63) is 70.7 Å². The van der Waals surface area contributed by atoms with Gasteiger partial charge in [-0.3, -0.25) is 4.79 Å². The third-order valence-corrected chi connectivity index (χ3v) is 4.08. The van der Waals surface area contributed by atoms with E-state index in [1.54, 1.807) is 17.3 Å². The molecule has 0 spiro atoms. The highest BCUT2D eigenvalue weighted by atomic mass is 79.9. The summed E-state index contributed by atoms with van der Waals surface area (Å²) >= 11 is 3.45. The van der Waals surface area contributed by atoms with E-state index in [-0.39, 0.29) is 12.5 Å². The summed E-state index contributed by atoms with van der Waals surface area (Å²) in [7, 11) is 0. The van der Waals surface area contributed by atoms with Gasteiger partial charge >= 0.3 is 0 Å². The Balaban J connectivity index is 1.59. The largest absolute Gasteiger partial charge is 0.483 e. The Morgan fingerprint density at radius 3 is 2.62 bits per heavy atom. The van der Waals surface area contributed by atoms with Crippen LogP contribution in [0.3, 0.4) is 0 Å². The van der Waals surface area contributed by atoms with E-state index in [0.717, 1.165) is 21.3 Å². The van der Waals surface area contributed by atoms with E-state index in [1.807, 2.05) is 49.4 Å². The fourth-order valence-electron chi connectivity index (χ4n) is 2.26. The third kappa shape index (κ3) is 5.06. The predicted octanol–water partition coefficient (Wildman–Crippen LogP) is 3.11. The van der Waals surface area contributed by atoms with Crippen LogP contribution < -0.4 is 15.5 Å². The maximum atomic E-state index is 12.1. The van der Waals surface area contributed by atoms with Crippen molar-refractivity contribution in [1.82, 2.24) is 14.9 Å². The van der Waals surface area contributed by atoms with Gasteiger partial charge in [-0.1, -0.05) is 33.6 Å². The molecular formula is C18H18BrN5O2. The van der Waals surface area contributed by atoms with Gasteiger partial charge in [0.1, 0.15) is 18.4 Å². The van der Waals surface area contributed by atoms with Gasteiger partial charge in [-0.05, 0) is 37.3 Å². The minimum atomic E-state index is -0.213. The molecule has 134 valence electrons. The summed E-state index contributed by atoms with van der Waals surface area (Å²) in [6.07, 6.45) is 3.13. The van der Waals surface area contributed by atoms with Crippen LogP contribution in [0, 0.1) is 6.92 Å². The van der Waals surface area contributed by atoms with Crippen LogP contribution in [-0.2, 0) is 11.3 Å². The van der Waals surface area contributed by atoms with Crippen LogP contribution in [0.1, 0.15) is 11.1 Å². The molecule has 26 heavy (non-hydrogen) atoms. The van der Waals surface area contributed by atoms with Gasteiger partial charge in [0.05, 0.1) is 6.54 Å². The molecule has 8 heteroatoms. The standard InChI is InChI=1S/C18H18BrN5O2/c1-13-2-5-16(6-3-13)23-18(25)10-26-17-7-4-15(19)8-14(17)9-22-24-11-20-21-12-24/h2-8,11-12,22H,9-10H2,1H3,(H,23,25). The van der Waals surface area contributed by atoms with E-state index < -0.39 is 0 Å². The molecule has 0 unspecified atom stereocenters. The summed E-state index contributed by atoms with van der Waals surface area (Å²) in [6.45, 7) is 2.42. The first kappa shape index (κ1) is 17.9. The number of carbonyl (C=O) groups is 1. The molecule has 1 heterocycles. The van der Waals surface area contributed by atoms with Gasteiger partial charge in [-0.15, -0.1) is 10.2 Å². The minimum Gasteiger partial charge on any atom is -0.483 e. The number of carbonyl (C=O) groups excluding carboxylic acids is 1. The lowest BCUT2D eigenvalue weighted by molar-refractivity contribution is -0.118. The lowest BCUT2D eigenvalue weighted by atomic mass is 10.2. The number of hydrogen-bond acceptors (Lipinski definition) is 5. The lowest BCUT2D eigenvalue weighted by Crippen LogP contribution is -2.21. The van der Waals surface area contributed by atoms with Crippen molar-refractivity contribution in [3.8, 4) is 5.75 Å². The van der Waals surface area contributed by atoms with Crippen LogP contribution >= 0.6 is 15.9 Å². The first-order valence-electron chi connectivity index (χ1n) is 7.96. The average molecular weight is 416 g/mol. The van der Waals surface area contributed by atoms with Crippen LogP contribution in [-0.4, -0.2) is 27.4 Å². The van der Waals surface area contributed by atoms with Crippen LogP contribution in [0.15, 0.2) is 59.6 Å². The van der Waals surface area contributed by atoms with Crippen molar-refractivity contribution < 1.29 is 9.53 Å². The fraction of sp³-hybridized carbons (Fsp3) is 0.167. The summed E-state index contributed by atoms with van der Waals surface area (Å²) in [6, 6.07) is 13.2. The molecule has 0 bridgehead atoms. The van der Waals surface area contributed by atoms with Crippen LogP contribution in [0.2, 0.25) is 0 Å². The van der Waals surface area contributed by atoms with E-state index in [4.69, 9.17) is 4.74 Å². The monoisotopic (exact) mass is 415 g/mol. The molecule has 1 aromatic heterocycles. The minimum absolute atomic E-state index is 0.0743. The van der Waals surface area contributed by atoms with Crippen LogP contribution in [0.5, 0.6) is 5.75 Å². The number of amides is 1. The molecule has 2 N–H and O–H groups in total. The summed E-state index contributed by atoms with van der Waals surface area (Å²) in [5.41, 5.74) is 5.91. The highest BCUT2D eigenvalue weighted by Gasteiger charge is 2.08. The number of benzene rings is 2. The van der Waals surface area contributed by atoms with E-state index in [1.165, 1.54) is 0 Å². The molecule has 0 aliphatic heterocycles. The van der Waals surface area contributed by atoms with Crippen molar-refractivity contribution in [1.29, 1.82) is 0 Å². The normalized spacial score (nSPS) is 10.4. The van der Waals surface area contributed by atoms with Crippen molar-refractivity contribution >= 4 is 27.5 Å². The molecule has 0 fully saturated rings. The van der Waals surface area contributed by atoms with E-state index >= 15 is 0 Å². The number of halogens is 1. The lowest BCUT2D eigenvalue weighted by Gasteiger charge is -2.13. The van der Waals surface area contributed by atoms with Crippen molar-refractivity contribution in [2.24, 2.45) is 0 Å². The van der Waals surface area contributed by atoms with Gasteiger partial charge in [-0.2, -0.15) is 0 Å². The first-order valence-corrected chi connectivity index (χ1v) is 8.76. The number of hydrogen-bond donors (Lipinski definition) is 2. The second kappa shape index (κ2) is 8.48. The highest BCUT2D eigenvalue weighted by molar-refractivity contribution is 9.10. The maximum absolute atomic E-state index is 12.1. The Kier molecular flexibility index (Phi) is 5.85. The molecule has 3 rings (SSSR count). The van der Waals surface area contributed by atoms with Gasteiger partial charge < -0.3 is 15.5 Å². The smallest absolute Gasteiger partial charge is 0.262 e. The second-order valence-electron chi connectivity index (χ2n) is 5.66. The number of nitrogens with zero attached hydrogens (tertiary/aromatic N) is 3. The fourth-order valence-corrected chi connectivity index (χ4v) is 2.67. The number of aryl methyl sites for hydroxylation is 1. The molecular weight excluding hydrogens is 398 g/mol. The molecule has 0 aliphatic rings. The Morgan fingerprint density at radius 1 is 1.15 bits per heavy atom. The van der Waals surface area contributed by atoms with Crippen LogP contribution in [0.4, 0.5) is 5.69 Å². The predicted molar refractivity (Wildman–Crippen MR) is 103 cm³/mol. The zero-order valence-corrected chi connectivity index (χ0v) is 15.7. The highest BCUT2D eigenvalue weighted by Crippen LogP contribution is 2.23. The molecule has 0 saturated carbocycles. The Bertz CT molecular complexity index is 866. The molecule has 7 nitrogen and oxygen atoms in total. The summed E-state index contributed by atoms with van der Waals surface area (Å²) in [5, 5.41) is 10.3. The summed E-state index contributed by atoms with van der Waals surface area (Å²) in [5.74, 6) is 0.419. The number of anilines is 1. The molecule has 1 amide bonds. The van der Waals surface area contributed by atoms with Gasteiger partial charge in [0.15, 0.2) is 6.61 Å². The average Bonchev–Trinajstić information content (AvgIpc) is 3.14. The summed E-state index contributed by atoms with van der Waals surface area (Å²) < 4.78 is 8.28. The van der Waals surface area contributed by atoms with Gasteiger partial charge in [0.2, 0.25) is 0 Å². The second-order valence-corrected chi connectivity index (χ2v) is 6.57. The van der Waals surface area contributed by atoms with E-state index in [2.05, 4.69) is 36.9 Å². The topological polar surface area (TPSA) is 81.1 Å². The molecule has 0 radical (unpaired) electrons. The Labute approximate surface area is 159 Å². The number of ether oxygens (including phenoxy) is 1. The molecule has 2 aromatic carbocycles. The Hall–Kier alpha value is -2.87. The Morgan fingerprint density at radius 2 is 1.88 bits per heavy atom. The number of rotatable bonds is 7. The van der Waals surface area contributed by atoms with E-state index in [9.17, 15) is 4.79 Å². The zero-order valence-electron chi connectivity index (χ0n) is 14.1. The van der Waals surface area contributed by atoms with Crippen molar-refractivity contribution in [3.63, 3.8) is 0 Å². The first-order chi connectivity index (χ1) is 12.6. The van der Waals surface area contributed by atoms with Crippen LogP contribution in [0.25, 0.3) is 0 Å². The quantitative estimate of drug-likeness (QED) is 0.619. The molecule has 0 aliphatic carbocycles. The number of nitrogens with one attached hydrogen (secondary N) is 2. The van der Waals surface area contributed by atoms with Crippen molar-refractivity contribution in [2.75, 3.05) is 17.3 Å². The summed E-state index contributed by atoms with van der Waals surface area (Å²) in [4.78, 5) is 12.1. The zero-order chi connectivity index (χ0) is 18.4. The van der Waals surface area contributed by atoms with Crippen molar-refractivity contribution in [2.45, 2.75) is 13.5 Å². The molecule has 0 atom stereocenters. The number of aromatic nitrogens is 3. The van der Waals surface area contributed by atoms with Gasteiger partial charge in [-0.25, -0.2) is 4.68 Å². The van der Waals surface area contributed by atoms with E-state index in [0.29, 0.717) is 12.3 Å². The molecule has 3 aromatic rings. The SMILES string of the molecule is Cc1ccc(NC(=O)COc2ccc(Br)cc2CNn2cnnc2)cc1.